The van der Waals surface area contributed by atoms with E-state index in [2.05, 4.69) is 26.6 Å². The lowest BCUT2D eigenvalue weighted by atomic mass is 10.1. The maximum absolute atomic E-state index is 13.4. The van der Waals surface area contributed by atoms with Gasteiger partial charge in [-0.05, 0) is 42.3 Å². The lowest BCUT2D eigenvalue weighted by Gasteiger charge is -2.07. The Kier molecular flexibility index (Phi) is 6.29. The van der Waals surface area contributed by atoms with E-state index in [0.717, 1.165) is 4.47 Å². The highest BCUT2D eigenvalue weighted by molar-refractivity contribution is 9.10. The van der Waals surface area contributed by atoms with Crippen molar-refractivity contribution in [3.8, 4) is 0 Å². The van der Waals surface area contributed by atoms with Crippen LogP contribution in [0.5, 0.6) is 0 Å². The molecule has 2 rings (SSSR count). The van der Waals surface area contributed by atoms with Crippen LogP contribution in [0.4, 0.5) is 4.39 Å². The predicted octanol–water partition coefficient (Wildman–Crippen LogP) is 2.68. The van der Waals surface area contributed by atoms with Gasteiger partial charge in [0.1, 0.15) is 5.82 Å². The van der Waals surface area contributed by atoms with Crippen LogP contribution in [0.2, 0.25) is 0 Å². The molecule has 0 fully saturated rings. The number of rotatable bonds is 6. The van der Waals surface area contributed by atoms with Crippen molar-refractivity contribution in [1.29, 1.82) is 0 Å². The average molecular weight is 379 g/mol. The number of carbonyl (C=O) groups excluding carboxylic acids is 2. The van der Waals surface area contributed by atoms with Gasteiger partial charge in [-0.3, -0.25) is 9.59 Å². The molecule has 4 nitrogen and oxygen atoms in total. The van der Waals surface area contributed by atoms with Crippen LogP contribution in [0.25, 0.3) is 0 Å². The van der Waals surface area contributed by atoms with Crippen molar-refractivity contribution >= 4 is 27.7 Å². The minimum atomic E-state index is -0.318. The van der Waals surface area contributed by atoms with Crippen molar-refractivity contribution in [2.45, 2.75) is 6.42 Å². The first-order valence-electron chi connectivity index (χ1n) is 7.10. The maximum atomic E-state index is 13.4. The Labute approximate surface area is 142 Å². The number of nitrogens with one attached hydrogen (secondary N) is 2. The predicted molar refractivity (Wildman–Crippen MR) is 89.6 cm³/mol. The minimum Gasteiger partial charge on any atom is -0.354 e. The van der Waals surface area contributed by atoms with Crippen LogP contribution >= 0.6 is 15.9 Å². The number of benzene rings is 2. The van der Waals surface area contributed by atoms with Crippen molar-refractivity contribution in [2.75, 3.05) is 13.1 Å². The fraction of sp³-hybridized carbons (Fsp3) is 0.176. The Morgan fingerprint density at radius 1 is 1.00 bits per heavy atom. The van der Waals surface area contributed by atoms with Crippen LogP contribution in [-0.2, 0) is 11.2 Å². The summed E-state index contributed by atoms with van der Waals surface area (Å²) in [4.78, 5) is 23.5. The Balaban J connectivity index is 1.72. The van der Waals surface area contributed by atoms with Crippen LogP contribution in [0.15, 0.2) is 53.0 Å². The second-order valence-corrected chi connectivity index (χ2v) is 5.80. The molecular formula is C17H16BrFN2O2. The van der Waals surface area contributed by atoms with Gasteiger partial charge in [-0.2, -0.15) is 0 Å². The summed E-state index contributed by atoms with van der Waals surface area (Å²) in [6, 6.07) is 13.3. The van der Waals surface area contributed by atoms with Crippen molar-refractivity contribution in [3.63, 3.8) is 0 Å². The van der Waals surface area contributed by atoms with E-state index >= 15 is 0 Å². The van der Waals surface area contributed by atoms with E-state index in [9.17, 15) is 14.0 Å². The molecule has 0 unspecified atom stereocenters. The van der Waals surface area contributed by atoms with Gasteiger partial charge in [0.25, 0.3) is 5.91 Å². The summed E-state index contributed by atoms with van der Waals surface area (Å²) >= 11 is 3.29. The molecule has 0 saturated carbocycles. The van der Waals surface area contributed by atoms with Gasteiger partial charge in [-0.25, -0.2) is 4.39 Å². The molecule has 2 aromatic carbocycles. The number of amides is 2. The molecule has 0 saturated heterocycles. The van der Waals surface area contributed by atoms with Gasteiger partial charge in [-0.1, -0.05) is 34.1 Å². The third-order valence-corrected chi connectivity index (χ3v) is 3.72. The normalized spacial score (nSPS) is 10.2. The largest absolute Gasteiger partial charge is 0.354 e. The molecular weight excluding hydrogens is 363 g/mol. The number of carbonyl (C=O) groups is 2. The lowest BCUT2D eigenvalue weighted by Crippen LogP contribution is -2.37. The Bertz CT molecular complexity index is 689. The van der Waals surface area contributed by atoms with Crippen LogP contribution in [-0.4, -0.2) is 24.9 Å². The molecule has 0 heterocycles. The zero-order valence-corrected chi connectivity index (χ0v) is 13.9. The Morgan fingerprint density at radius 3 is 2.39 bits per heavy atom. The van der Waals surface area contributed by atoms with E-state index in [4.69, 9.17) is 0 Å². The quantitative estimate of drug-likeness (QED) is 0.811. The summed E-state index contributed by atoms with van der Waals surface area (Å²) in [5.74, 6) is -0.918. The smallest absolute Gasteiger partial charge is 0.251 e. The highest BCUT2D eigenvalue weighted by atomic mass is 79.9. The highest BCUT2D eigenvalue weighted by Crippen LogP contribution is 2.10. The van der Waals surface area contributed by atoms with Gasteiger partial charge < -0.3 is 10.6 Å². The molecule has 0 aliphatic carbocycles. The standard InChI is InChI=1S/C17H16BrFN2O2/c18-14-7-5-13(6-8-14)17(23)21-11-16(22)20-10-9-12-3-1-2-4-15(12)19/h1-8H,9-11H2,(H,20,22)(H,21,23). The summed E-state index contributed by atoms with van der Waals surface area (Å²) in [5.41, 5.74) is 1.03. The van der Waals surface area contributed by atoms with Crippen LogP contribution in [0, 0.1) is 5.82 Å². The molecule has 120 valence electrons. The van der Waals surface area contributed by atoms with Crippen molar-refractivity contribution in [3.05, 3.63) is 69.9 Å². The second-order valence-electron chi connectivity index (χ2n) is 4.88. The summed E-state index contributed by atoms with van der Waals surface area (Å²) in [6.07, 6.45) is 0.402. The first kappa shape index (κ1) is 17.1. The molecule has 2 aromatic rings. The van der Waals surface area contributed by atoms with Crippen LogP contribution in [0.1, 0.15) is 15.9 Å². The summed E-state index contributed by atoms with van der Waals surface area (Å²) in [6.45, 7) is 0.195. The molecule has 0 atom stereocenters. The minimum absolute atomic E-state index is 0.119. The third kappa shape index (κ3) is 5.49. The Morgan fingerprint density at radius 2 is 1.70 bits per heavy atom. The molecule has 0 aliphatic rings. The van der Waals surface area contributed by atoms with Crippen molar-refractivity contribution < 1.29 is 14.0 Å². The molecule has 0 radical (unpaired) electrons. The van der Waals surface area contributed by atoms with E-state index in [1.165, 1.54) is 6.07 Å². The maximum Gasteiger partial charge on any atom is 0.251 e. The third-order valence-electron chi connectivity index (χ3n) is 3.19. The van der Waals surface area contributed by atoms with Gasteiger partial charge in [-0.15, -0.1) is 0 Å². The molecule has 0 bridgehead atoms. The van der Waals surface area contributed by atoms with Crippen LogP contribution in [0.3, 0.4) is 0 Å². The molecule has 0 aliphatic heterocycles. The Hall–Kier alpha value is -2.21. The first-order valence-corrected chi connectivity index (χ1v) is 7.89. The molecule has 2 amide bonds. The van der Waals surface area contributed by atoms with Gasteiger partial charge in [0, 0.05) is 16.6 Å². The van der Waals surface area contributed by atoms with E-state index in [1.807, 2.05) is 0 Å². The van der Waals surface area contributed by atoms with Gasteiger partial charge in [0.2, 0.25) is 5.91 Å². The summed E-state index contributed by atoms with van der Waals surface area (Å²) in [7, 11) is 0. The zero-order chi connectivity index (χ0) is 16.7. The van der Waals surface area contributed by atoms with Gasteiger partial charge in [0.15, 0.2) is 0 Å². The van der Waals surface area contributed by atoms with E-state index in [-0.39, 0.29) is 24.2 Å². The highest BCUT2D eigenvalue weighted by Gasteiger charge is 2.08. The fourth-order valence-corrected chi connectivity index (χ4v) is 2.23. The lowest BCUT2D eigenvalue weighted by molar-refractivity contribution is -0.120. The summed E-state index contributed by atoms with van der Waals surface area (Å²) in [5, 5.41) is 5.18. The van der Waals surface area contributed by atoms with Crippen molar-refractivity contribution in [2.24, 2.45) is 0 Å². The first-order chi connectivity index (χ1) is 11.1. The van der Waals surface area contributed by atoms with Gasteiger partial charge in [0.05, 0.1) is 6.54 Å². The van der Waals surface area contributed by atoms with Crippen LogP contribution < -0.4 is 10.6 Å². The molecule has 0 spiro atoms. The molecule has 0 aromatic heterocycles. The van der Waals surface area contributed by atoms with E-state index < -0.39 is 0 Å². The number of halogens is 2. The van der Waals surface area contributed by atoms with Crippen molar-refractivity contribution in [1.82, 2.24) is 10.6 Å². The van der Waals surface area contributed by atoms with Gasteiger partial charge >= 0.3 is 0 Å². The molecule has 6 heteroatoms. The van der Waals surface area contributed by atoms with E-state index in [1.54, 1.807) is 42.5 Å². The second kappa shape index (κ2) is 8.43. The number of hydrogen-bond acceptors (Lipinski definition) is 2. The number of hydrogen-bond donors (Lipinski definition) is 2. The topological polar surface area (TPSA) is 58.2 Å². The molecule has 2 N–H and O–H groups in total. The summed E-state index contributed by atoms with van der Waals surface area (Å²) < 4.78 is 14.3. The van der Waals surface area contributed by atoms with E-state index in [0.29, 0.717) is 24.1 Å². The monoisotopic (exact) mass is 378 g/mol. The SMILES string of the molecule is O=C(CNC(=O)c1ccc(Br)cc1)NCCc1ccccc1F. The molecule has 23 heavy (non-hydrogen) atoms. The zero-order valence-electron chi connectivity index (χ0n) is 12.3. The fourth-order valence-electron chi connectivity index (χ4n) is 1.96. The average Bonchev–Trinajstić information content (AvgIpc) is 2.55.